The molecule has 0 aliphatic carbocycles. The van der Waals surface area contributed by atoms with Gasteiger partial charge < -0.3 is 24.1 Å². The van der Waals surface area contributed by atoms with Crippen LogP contribution in [0.5, 0.6) is 23.0 Å². The van der Waals surface area contributed by atoms with Gasteiger partial charge in [-0.25, -0.2) is 0 Å². The Hall–Kier alpha value is -4.17. The minimum atomic E-state index is -0.928. The van der Waals surface area contributed by atoms with Gasteiger partial charge in [-0.2, -0.15) is 0 Å². The lowest BCUT2D eigenvalue weighted by molar-refractivity contribution is -0.132. The molecule has 0 bridgehead atoms. The van der Waals surface area contributed by atoms with E-state index in [-0.39, 0.29) is 40.4 Å². The maximum Gasteiger partial charge on any atom is 0.300 e. The largest absolute Gasteiger partial charge is 0.507 e. The summed E-state index contributed by atoms with van der Waals surface area (Å²) in [5, 5.41) is 11.8. The van der Waals surface area contributed by atoms with Crippen molar-refractivity contribution in [3.05, 3.63) is 81.9 Å². The molecule has 1 saturated heterocycles. The zero-order valence-corrected chi connectivity index (χ0v) is 22.0. The molecule has 1 unspecified atom stereocenters. The van der Waals surface area contributed by atoms with Crippen LogP contribution in [0.15, 0.2) is 60.2 Å². The number of carbonyl (C=O) groups excluding carboxylic acids is 2. The number of Topliss-reactive ketones (excluding diaryl/α,β-unsaturated/α-hetero) is 1. The predicted octanol–water partition coefficient (Wildman–Crippen LogP) is 5.84. The second kappa shape index (κ2) is 9.95. The zero-order chi connectivity index (χ0) is 27.1. The van der Waals surface area contributed by atoms with Crippen molar-refractivity contribution in [2.24, 2.45) is 0 Å². The molecule has 1 fully saturated rings. The number of halogens is 1. The highest BCUT2D eigenvalue weighted by Crippen LogP contribution is 2.46. The van der Waals surface area contributed by atoms with Crippen LogP contribution in [0.1, 0.15) is 42.5 Å². The number of ether oxygens (including phenoxy) is 4. The van der Waals surface area contributed by atoms with E-state index in [1.54, 1.807) is 18.2 Å². The molecule has 0 aromatic heterocycles. The van der Waals surface area contributed by atoms with Gasteiger partial charge in [-0.1, -0.05) is 49.7 Å². The quantitative estimate of drug-likeness (QED) is 0.241. The normalized spacial score (nSPS) is 17.8. The molecule has 0 radical (unpaired) electrons. The first-order valence-electron chi connectivity index (χ1n) is 12.0. The maximum absolute atomic E-state index is 13.6. The maximum atomic E-state index is 13.6. The van der Waals surface area contributed by atoms with E-state index in [1.807, 2.05) is 24.3 Å². The van der Waals surface area contributed by atoms with Gasteiger partial charge in [0.25, 0.3) is 11.7 Å². The summed E-state index contributed by atoms with van der Waals surface area (Å²) in [6.07, 6.45) is 0. The number of fused-ring (bicyclic) bond motifs is 1. The number of ketones is 1. The van der Waals surface area contributed by atoms with Gasteiger partial charge >= 0.3 is 0 Å². The van der Waals surface area contributed by atoms with Gasteiger partial charge in [0.15, 0.2) is 11.5 Å². The van der Waals surface area contributed by atoms with Crippen molar-refractivity contribution in [2.75, 3.05) is 25.9 Å². The molecule has 2 aliphatic heterocycles. The van der Waals surface area contributed by atoms with Crippen molar-refractivity contribution >= 4 is 34.7 Å². The van der Waals surface area contributed by atoms with Crippen molar-refractivity contribution in [3.8, 4) is 23.0 Å². The van der Waals surface area contributed by atoms with Gasteiger partial charge in [0, 0.05) is 17.8 Å². The number of aliphatic hydroxyl groups is 1. The fraction of sp³-hybridized carbons (Fsp3) is 0.241. The Morgan fingerprint density at radius 1 is 0.974 bits per heavy atom. The molecule has 2 aliphatic rings. The van der Waals surface area contributed by atoms with Crippen molar-refractivity contribution in [1.29, 1.82) is 0 Å². The predicted molar refractivity (Wildman–Crippen MR) is 142 cm³/mol. The van der Waals surface area contributed by atoms with E-state index in [1.165, 1.54) is 31.3 Å². The average molecular weight is 536 g/mol. The molecule has 1 N–H and O–H groups in total. The second-order valence-corrected chi connectivity index (χ2v) is 9.62. The van der Waals surface area contributed by atoms with Gasteiger partial charge in [0.05, 0.1) is 36.4 Å². The number of benzene rings is 3. The van der Waals surface area contributed by atoms with Crippen LogP contribution in [0.2, 0.25) is 5.02 Å². The van der Waals surface area contributed by atoms with Crippen LogP contribution >= 0.6 is 11.6 Å². The molecule has 3 aromatic rings. The Kier molecular flexibility index (Phi) is 6.67. The summed E-state index contributed by atoms with van der Waals surface area (Å²) < 4.78 is 21.7. The smallest absolute Gasteiger partial charge is 0.300 e. The lowest BCUT2D eigenvalue weighted by atomic mass is 9.92. The first-order chi connectivity index (χ1) is 18.2. The molecule has 38 heavy (non-hydrogen) atoms. The molecule has 2 heterocycles. The number of amides is 1. The molecule has 9 heteroatoms. The molecule has 5 rings (SSSR count). The highest BCUT2D eigenvalue weighted by atomic mass is 35.5. The van der Waals surface area contributed by atoms with Gasteiger partial charge in [0.1, 0.15) is 17.3 Å². The number of anilines is 1. The highest BCUT2D eigenvalue weighted by Gasteiger charge is 2.47. The number of hydrogen-bond donors (Lipinski definition) is 1. The number of methoxy groups -OCH3 is 2. The number of hydrogen-bond acceptors (Lipinski definition) is 7. The molecule has 3 aromatic carbocycles. The standard InChI is InChI=1S/C29H26ClNO7/c1-15(2)16-5-7-17(8-6-16)26-25(27(32)19-12-23(36-4)20(30)13-22(19)35-3)28(33)29(34)31(26)18-9-10-21-24(11-18)38-14-37-21/h5-13,15,26,32H,14H2,1-4H3/b27-25+. The van der Waals surface area contributed by atoms with Gasteiger partial charge in [-0.05, 0) is 35.2 Å². The minimum absolute atomic E-state index is 0.0654. The van der Waals surface area contributed by atoms with Crippen molar-refractivity contribution < 1.29 is 33.6 Å². The summed E-state index contributed by atoms with van der Waals surface area (Å²) in [5.74, 6) is -0.249. The van der Waals surface area contributed by atoms with E-state index >= 15 is 0 Å². The lowest BCUT2D eigenvalue weighted by Crippen LogP contribution is -2.29. The highest BCUT2D eigenvalue weighted by molar-refractivity contribution is 6.51. The molecule has 8 nitrogen and oxygen atoms in total. The SMILES string of the molecule is COc1cc(/C(O)=C2\C(=O)C(=O)N(c3ccc4c(c3)OCO4)C2c2ccc(C(C)C)cc2)c(OC)cc1Cl. The van der Waals surface area contributed by atoms with E-state index in [4.69, 9.17) is 30.5 Å². The number of nitrogens with zero attached hydrogens (tertiary/aromatic N) is 1. The Bertz CT molecular complexity index is 1460. The number of carbonyl (C=O) groups is 2. The van der Waals surface area contributed by atoms with Crippen molar-refractivity contribution in [2.45, 2.75) is 25.8 Å². The zero-order valence-electron chi connectivity index (χ0n) is 21.3. The van der Waals surface area contributed by atoms with Gasteiger partial charge in [-0.3, -0.25) is 14.5 Å². The minimum Gasteiger partial charge on any atom is -0.507 e. The summed E-state index contributed by atoms with van der Waals surface area (Å²) in [4.78, 5) is 28.4. The third-order valence-electron chi connectivity index (χ3n) is 6.73. The number of aliphatic hydroxyl groups excluding tert-OH is 1. The molecule has 0 saturated carbocycles. The van der Waals surface area contributed by atoms with E-state index in [2.05, 4.69) is 13.8 Å². The first-order valence-corrected chi connectivity index (χ1v) is 12.3. The Balaban J connectivity index is 1.73. The van der Waals surface area contributed by atoms with E-state index < -0.39 is 23.5 Å². The van der Waals surface area contributed by atoms with Crippen LogP contribution in [0.3, 0.4) is 0 Å². The second-order valence-electron chi connectivity index (χ2n) is 9.22. The van der Waals surface area contributed by atoms with Crippen LogP contribution in [-0.4, -0.2) is 37.8 Å². The van der Waals surface area contributed by atoms with Crippen molar-refractivity contribution in [3.63, 3.8) is 0 Å². The molecule has 0 spiro atoms. The lowest BCUT2D eigenvalue weighted by Gasteiger charge is -2.26. The van der Waals surface area contributed by atoms with Crippen molar-refractivity contribution in [1.82, 2.24) is 0 Å². The van der Waals surface area contributed by atoms with E-state index in [0.717, 1.165) is 5.56 Å². The first kappa shape index (κ1) is 25.5. The van der Waals surface area contributed by atoms with Crippen LogP contribution in [0, 0.1) is 0 Å². The number of rotatable bonds is 6. The monoisotopic (exact) mass is 535 g/mol. The Morgan fingerprint density at radius 2 is 1.66 bits per heavy atom. The summed E-state index contributed by atoms with van der Waals surface area (Å²) in [7, 11) is 2.86. The van der Waals surface area contributed by atoms with Crippen LogP contribution in [0.25, 0.3) is 5.76 Å². The van der Waals surface area contributed by atoms with E-state index in [0.29, 0.717) is 22.7 Å². The third-order valence-corrected chi connectivity index (χ3v) is 7.02. The molecular formula is C29H26ClNO7. The van der Waals surface area contributed by atoms with Gasteiger partial charge in [0.2, 0.25) is 6.79 Å². The summed E-state index contributed by atoms with van der Waals surface area (Å²) in [6.45, 7) is 4.22. The molecule has 196 valence electrons. The topological polar surface area (TPSA) is 94.5 Å². The third kappa shape index (κ3) is 4.20. The molecule has 1 atom stereocenters. The Labute approximate surface area is 224 Å². The van der Waals surface area contributed by atoms with E-state index in [9.17, 15) is 14.7 Å². The van der Waals surface area contributed by atoms with Gasteiger partial charge in [-0.15, -0.1) is 0 Å². The van der Waals surface area contributed by atoms with Crippen LogP contribution in [0.4, 0.5) is 5.69 Å². The molecule has 1 amide bonds. The fourth-order valence-corrected chi connectivity index (χ4v) is 4.93. The summed E-state index contributed by atoms with van der Waals surface area (Å²) in [5.41, 5.74) is 2.24. The van der Waals surface area contributed by atoms with Crippen LogP contribution < -0.4 is 23.8 Å². The van der Waals surface area contributed by atoms with Crippen LogP contribution in [-0.2, 0) is 9.59 Å². The summed E-state index contributed by atoms with van der Waals surface area (Å²) in [6, 6.07) is 14.7. The average Bonchev–Trinajstić information content (AvgIpc) is 3.49. The molecular weight excluding hydrogens is 510 g/mol. The Morgan fingerprint density at radius 3 is 2.32 bits per heavy atom. The summed E-state index contributed by atoms with van der Waals surface area (Å²) >= 11 is 6.26. The fourth-order valence-electron chi connectivity index (χ4n) is 4.70.